The van der Waals surface area contributed by atoms with E-state index in [4.69, 9.17) is 10.5 Å². The van der Waals surface area contributed by atoms with Crippen molar-refractivity contribution in [1.82, 2.24) is 9.88 Å². The predicted molar refractivity (Wildman–Crippen MR) is 85.1 cm³/mol. The Morgan fingerprint density at radius 2 is 2.05 bits per heavy atom. The normalized spacial score (nSPS) is 25.1. The molecule has 3 atom stereocenters. The van der Waals surface area contributed by atoms with E-state index in [0.717, 1.165) is 18.6 Å². The summed E-state index contributed by atoms with van der Waals surface area (Å²) in [5.41, 5.74) is 8.36. The average Bonchev–Trinajstić information content (AvgIpc) is 2.47. The molecule has 4 heteroatoms. The third-order valence-corrected chi connectivity index (χ3v) is 4.12. The smallest absolute Gasteiger partial charge is 0.0702 e. The van der Waals surface area contributed by atoms with Crippen LogP contribution in [0.5, 0.6) is 0 Å². The van der Waals surface area contributed by atoms with E-state index in [1.807, 2.05) is 12.3 Å². The Labute approximate surface area is 125 Å². The highest BCUT2D eigenvalue weighted by Gasteiger charge is 2.28. The molecule has 3 unspecified atom stereocenters. The van der Waals surface area contributed by atoms with Crippen LogP contribution in [0, 0.1) is 0 Å². The molecule has 1 aliphatic heterocycles. The zero-order chi connectivity index (χ0) is 14.8. The molecule has 0 saturated carbocycles. The molecule has 4 nitrogen and oxygen atoms in total. The minimum atomic E-state index is 0.239. The van der Waals surface area contributed by atoms with Gasteiger partial charge in [0.1, 0.15) is 0 Å². The fraction of sp³-hybridized carbons (Fsp3) is 0.471. The fourth-order valence-electron chi connectivity index (χ4n) is 3.27. The molecule has 0 aliphatic carbocycles. The zero-order valence-electron chi connectivity index (χ0n) is 12.7. The van der Waals surface area contributed by atoms with E-state index in [1.54, 1.807) is 0 Å². The van der Waals surface area contributed by atoms with Crippen molar-refractivity contribution < 1.29 is 4.74 Å². The fourth-order valence-corrected chi connectivity index (χ4v) is 3.27. The van der Waals surface area contributed by atoms with Gasteiger partial charge in [-0.3, -0.25) is 9.88 Å². The summed E-state index contributed by atoms with van der Waals surface area (Å²) in [6, 6.07) is 10.8. The van der Waals surface area contributed by atoms with E-state index in [0.29, 0.717) is 6.54 Å². The van der Waals surface area contributed by atoms with E-state index >= 15 is 0 Å². The maximum absolute atomic E-state index is 6.07. The molecule has 1 saturated heterocycles. The van der Waals surface area contributed by atoms with Gasteiger partial charge >= 0.3 is 0 Å². The van der Waals surface area contributed by atoms with Crippen LogP contribution in [0.4, 0.5) is 0 Å². The number of benzene rings is 1. The maximum atomic E-state index is 6.07. The van der Waals surface area contributed by atoms with Crippen LogP contribution < -0.4 is 5.73 Å². The number of nitrogens with two attached hydrogens (primary N) is 1. The lowest BCUT2D eigenvalue weighted by atomic mass is 10.0. The molecule has 1 aliphatic rings. The lowest BCUT2D eigenvalue weighted by Gasteiger charge is -2.40. The van der Waals surface area contributed by atoms with Crippen molar-refractivity contribution in [2.45, 2.75) is 32.1 Å². The number of morpholine rings is 1. The Hall–Kier alpha value is -1.49. The van der Waals surface area contributed by atoms with Gasteiger partial charge in [0.25, 0.3) is 0 Å². The molecular formula is C17H23N3O. The molecular weight excluding hydrogens is 262 g/mol. The van der Waals surface area contributed by atoms with Gasteiger partial charge in [-0.1, -0.05) is 12.1 Å². The summed E-state index contributed by atoms with van der Waals surface area (Å²) >= 11 is 0. The number of pyridine rings is 1. The van der Waals surface area contributed by atoms with Gasteiger partial charge in [0.2, 0.25) is 0 Å². The SMILES string of the molecule is CC1CN(C(CN)c2ccc3ncccc3c2)CC(C)O1. The Kier molecular flexibility index (Phi) is 4.19. The average molecular weight is 285 g/mol. The monoisotopic (exact) mass is 285 g/mol. The first-order valence-electron chi connectivity index (χ1n) is 7.61. The van der Waals surface area contributed by atoms with Gasteiger partial charge in [-0.2, -0.15) is 0 Å². The van der Waals surface area contributed by atoms with Crippen LogP contribution in [-0.2, 0) is 4.74 Å². The van der Waals surface area contributed by atoms with Crippen molar-refractivity contribution in [2.24, 2.45) is 5.73 Å². The van der Waals surface area contributed by atoms with E-state index in [9.17, 15) is 0 Å². The summed E-state index contributed by atoms with van der Waals surface area (Å²) < 4.78 is 5.82. The Balaban J connectivity index is 1.90. The first-order chi connectivity index (χ1) is 10.2. The molecule has 0 radical (unpaired) electrons. The van der Waals surface area contributed by atoms with Crippen LogP contribution in [0.25, 0.3) is 10.9 Å². The van der Waals surface area contributed by atoms with Crippen molar-refractivity contribution in [3.8, 4) is 0 Å². The quantitative estimate of drug-likeness (QED) is 0.940. The van der Waals surface area contributed by atoms with Crippen LogP contribution in [0.1, 0.15) is 25.5 Å². The standard InChI is InChI=1S/C17H23N3O/c1-12-10-20(11-13(2)21-12)17(9-18)15-5-6-16-14(8-15)4-3-7-19-16/h3-8,12-13,17H,9-11,18H2,1-2H3. The molecule has 0 spiro atoms. The molecule has 0 amide bonds. The molecule has 2 N–H and O–H groups in total. The number of hydrogen-bond donors (Lipinski definition) is 1. The largest absolute Gasteiger partial charge is 0.373 e. The van der Waals surface area contributed by atoms with Gasteiger partial charge in [-0.25, -0.2) is 0 Å². The van der Waals surface area contributed by atoms with Crippen LogP contribution in [0.15, 0.2) is 36.5 Å². The summed E-state index contributed by atoms with van der Waals surface area (Å²) in [6.07, 6.45) is 2.34. The second kappa shape index (κ2) is 6.10. The highest BCUT2D eigenvalue weighted by atomic mass is 16.5. The van der Waals surface area contributed by atoms with E-state index < -0.39 is 0 Å². The van der Waals surface area contributed by atoms with Crippen LogP contribution in [0.2, 0.25) is 0 Å². The van der Waals surface area contributed by atoms with Crippen LogP contribution in [-0.4, -0.2) is 41.7 Å². The molecule has 112 valence electrons. The highest BCUT2D eigenvalue weighted by molar-refractivity contribution is 5.79. The van der Waals surface area contributed by atoms with E-state index in [2.05, 4.69) is 48.0 Å². The summed E-state index contributed by atoms with van der Waals surface area (Å²) in [5.74, 6) is 0. The Morgan fingerprint density at radius 3 is 2.76 bits per heavy atom. The number of nitrogens with zero attached hydrogens (tertiary/aromatic N) is 2. The van der Waals surface area contributed by atoms with Crippen molar-refractivity contribution in [2.75, 3.05) is 19.6 Å². The third-order valence-electron chi connectivity index (χ3n) is 4.12. The number of fused-ring (bicyclic) bond motifs is 1. The molecule has 3 rings (SSSR count). The van der Waals surface area contributed by atoms with Crippen molar-refractivity contribution >= 4 is 10.9 Å². The molecule has 2 heterocycles. The van der Waals surface area contributed by atoms with Crippen molar-refractivity contribution in [3.63, 3.8) is 0 Å². The lowest BCUT2D eigenvalue weighted by Crippen LogP contribution is -2.48. The molecule has 2 aromatic rings. The second-order valence-corrected chi connectivity index (χ2v) is 5.92. The van der Waals surface area contributed by atoms with Gasteiger partial charge in [0.05, 0.1) is 17.7 Å². The van der Waals surface area contributed by atoms with Crippen molar-refractivity contribution in [1.29, 1.82) is 0 Å². The van der Waals surface area contributed by atoms with Crippen molar-refractivity contribution in [3.05, 3.63) is 42.1 Å². The minimum Gasteiger partial charge on any atom is -0.373 e. The van der Waals surface area contributed by atoms with E-state index in [1.165, 1.54) is 10.9 Å². The summed E-state index contributed by atoms with van der Waals surface area (Å²) in [4.78, 5) is 6.82. The first kappa shape index (κ1) is 14.4. The van der Waals surface area contributed by atoms with Crippen LogP contribution >= 0.6 is 0 Å². The number of rotatable bonds is 3. The van der Waals surface area contributed by atoms with Gasteiger partial charge in [0, 0.05) is 37.3 Å². The summed E-state index contributed by atoms with van der Waals surface area (Å²) in [5, 5.41) is 1.17. The maximum Gasteiger partial charge on any atom is 0.0702 e. The van der Waals surface area contributed by atoms with Gasteiger partial charge < -0.3 is 10.5 Å². The Morgan fingerprint density at radius 1 is 1.29 bits per heavy atom. The Bertz CT molecular complexity index is 606. The topological polar surface area (TPSA) is 51.4 Å². The van der Waals surface area contributed by atoms with Gasteiger partial charge in [0.15, 0.2) is 0 Å². The second-order valence-electron chi connectivity index (χ2n) is 5.92. The van der Waals surface area contributed by atoms with Crippen LogP contribution in [0.3, 0.4) is 0 Å². The molecule has 1 aromatic heterocycles. The van der Waals surface area contributed by atoms with E-state index in [-0.39, 0.29) is 18.2 Å². The third kappa shape index (κ3) is 3.07. The highest BCUT2D eigenvalue weighted by Crippen LogP contribution is 2.26. The first-order valence-corrected chi connectivity index (χ1v) is 7.61. The predicted octanol–water partition coefficient (Wildman–Crippen LogP) is 2.34. The van der Waals surface area contributed by atoms with Gasteiger partial charge in [-0.05, 0) is 37.6 Å². The molecule has 1 fully saturated rings. The number of ether oxygens (including phenoxy) is 1. The summed E-state index contributed by atoms with van der Waals surface area (Å²) in [7, 11) is 0. The van der Waals surface area contributed by atoms with Gasteiger partial charge in [-0.15, -0.1) is 0 Å². The zero-order valence-corrected chi connectivity index (χ0v) is 12.7. The minimum absolute atomic E-state index is 0.239. The molecule has 21 heavy (non-hydrogen) atoms. The molecule has 0 bridgehead atoms. The lowest BCUT2D eigenvalue weighted by molar-refractivity contribution is -0.0799. The molecule has 1 aromatic carbocycles. The summed E-state index contributed by atoms with van der Waals surface area (Å²) in [6.45, 7) is 6.72. The number of hydrogen-bond acceptors (Lipinski definition) is 4. The number of aromatic nitrogens is 1.